The second-order valence-corrected chi connectivity index (χ2v) is 6.73. The Hall–Kier alpha value is -0.430. The fourth-order valence-electron chi connectivity index (χ4n) is 1.34. The Morgan fingerprint density at radius 1 is 1.31 bits per heavy atom. The molecule has 0 amide bonds. The van der Waals surface area contributed by atoms with Crippen LogP contribution in [0.3, 0.4) is 0 Å². The Morgan fingerprint density at radius 2 is 1.81 bits per heavy atom. The van der Waals surface area contributed by atoms with Crippen molar-refractivity contribution in [2.45, 2.75) is 11.4 Å². The fraction of sp³-hybridized carbons (Fsp3) is 0.400. The average Bonchev–Trinajstić information content (AvgIpc) is 2.17. The molecule has 0 aliphatic heterocycles. The molecule has 2 unspecified atom stereocenters. The smallest absolute Gasteiger partial charge is 0.155 e. The summed E-state index contributed by atoms with van der Waals surface area (Å²) in [5.41, 5.74) is 0.465. The van der Waals surface area contributed by atoms with Crippen molar-refractivity contribution in [2.24, 2.45) is 0 Å². The van der Waals surface area contributed by atoms with Crippen LogP contribution in [0.4, 0.5) is 0 Å². The highest BCUT2D eigenvalue weighted by Gasteiger charge is 2.29. The summed E-state index contributed by atoms with van der Waals surface area (Å²) >= 11 is 3.24. The van der Waals surface area contributed by atoms with E-state index in [1.807, 2.05) is 0 Å². The van der Waals surface area contributed by atoms with Crippen molar-refractivity contribution in [3.63, 3.8) is 0 Å². The van der Waals surface area contributed by atoms with Gasteiger partial charge in [0, 0.05) is 10.7 Å². The van der Waals surface area contributed by atoms with Gasteiger partial charge in [0.15, 0.2) is 9.84 Å². The first-order valence-corrected chi connectivity index (χ1v) is 7.34. The summed E-state index contributed by atoms with van der Waals surface area (Å²) in [5, 5.41) is 17.7. The molecule has 0 aliphatic rings. The summed E-state index contributed by atoms with van der Waals surface area (Å²) in [4.78, 5) is 0. The van der Waals surface area contributed by atoms with Gasteiger partial charge in [-0.2, -0.15) is 0 Å². The number of halogens is 1. The van der Waals surface area contributed by atoms with E-state index in [2.05, 4.69) is 15.9 Å². The van der Waals surface area contributed by atoms with E-state index in [0.717, 1.165) is 10.7 Å². The van der Waals surface area contributed by atoms with E-state index >= 15 is 0 Å². The van der Waals surface area contributed by atoms with Crippen LogP contribution in [0.2, 0.25) is 0 Å². The van der Waals surface area contributed by atoms with Crippen LogP contribution in [-0.4, -0.2) is 36.7 Å². The lowest BCUT2D eigenvalue weighted by atomic mass is 10.1. The number of rotatable bonds is 4. The molecule has 0 fully saturated rings. The molecule has 0 saturated carbocycles. The van der Waals surface area contributed by atoms with Gasteiger partial charge in [0.05, 0.1) is 12.7 Å². The van der Waals surface area contributed by atoms with Gasteiger partial charge in [-0.25, -0.2) is 8.42 Å². The highest BCUT2D eigenvalue weighted by Crippen LogP contribution is 2.23. The van der Waals surface area contributed by atoms with Gasteiger partial charge in [-0.1, -0.05) is 28.1 Å². The molecule has 6 heteroatoms. The lowest BCUT2D eigenvalue weighted by Gasteiger charge is -2.19. The molecule has 16 heavy (non-hydrogen) atoms. The van der Waals surface area contributed by atoms with Crippen LogP contribution in [0.15, 0.2) is 28.7 Å². The van der Waals surface area contributed by atoms with Crippen LogP contribution in [0.5, 0.6) is 0 Å². The number of sulfone groups is 1. The molecule has 1 rings (SSSR count). The Balaban J connectivity index is 3.00. The molecule has 4 nitrogen and oxygen atoms in total. The molecule has 90 valence electrons. The second kappa shape index (κ2) is 5.27. The zero-order chi connectivity index (χ0) is 12.3. The number of benzene rings is 1. The van der Waals surface area contributed by atoms with Crippen molar-refractivity contribution in [3.8, 4) is 0 Å². The van der Waals surface area contributed by atoms with Gasteiger partial charge >= 0.3 is 0 Å². The maximum atomic E-state index is 11.3. The molecule has 2 atom stereocenters. The zero-order valence-electron chi connectivity index (χ0n) is 8.67. The molecule has 0 saturated heterocycles. The summed E-state index contributed by atoms with van der Waals surface area (Å²) in [6.45, 7) is -0.601. The highest BCUT2D eigenvalue weighted by molar-refractivity contribution is 9.10. The van der Waals surface area contributed by atoms with E-state index in [1.54, 1.807) is 24.3 Å². The van der Waals surface area contributed by atoms with Gasteiger partial charge in [-0.15, -0.1) is 0 Å². The van der Waals surface area contributed by atoms with Crippen LogP contribution in [0, 0.1) is 0 Å². The summed E-state index contributed by atoms with van der Waals surface area (Å²) in [5.74, 6) is 0. The van der Waals surface area contributed by atoms with Crippen molar-refractivity contribution in [2.75, 3.05) is 12.9 Å². The Bertz CT molecular complexity index is 440. The van der Waals surface area contributed by atoms with E-state index in [9.17, 15) is 13.5 Å². The van der Waals surface area contributed by atoms with Crippen molar-refractivity contribution >= 4 is 25.8 Å². The first-order valence-electron chi connectivity index (χ1n) is 4.59. The summed E-state index contributed by atoms with van der Waals surface area (Å²) < 4.78 is 23.5. The van der Waals surface area contributed by atoms with Crippen molar-refractivity contribution < 1.29 is 18.6 Å². The first-order chi connectivity index (χ1) is 7.36. The molecule has 1 aromatic carbocycles. The monoisotopic (exact) mass is 308 g/mol. The Labute approximate surface area is 103 Å². The lowest BCUT2D eigenvalue weighted by Crippen LogP contribution is -2.31. The van der Waals surface area contributed by atoms with E-state index < -0.39 is 27.8 Å². The quantitative estimate of drug-likeness (QED) is 0.866. The lowest BCUT2D eigenvalue weighted by molar-refractivity contribution is 0.138. The molecule has 0 radical (unpaired) electrons. The molecular formula is C10H13BrO4S. The molecule has 0 heterocycles. The van der Waals surface area contributed by atoms with E-state index in [-0.39, 0.29) is 0 Å². The highest BCUT2D eigenvalue weighted by atomic mass is 79.9. The fourth-order valence-corrected chi connectivity index (χ4v) is 2.50. The van der Waals surface area contributed by atoms with Gasteiger partial charge in [0.2, 0.25) is 0 Å². The normalized spacial score (nSPS) is 15.8. The molecule has 1 aromatic rings. The minimum atomic E-state index is -3.48. The SMILES string of the molecule is CS(=O)(=O)C(CO)C(O)c1ccc(Br)cc1. The van der Waals surface area contributed by atoms with Crippen LogP contribution in [-0.2, 0) is 9.84 Å². The Morgan fingerprint density at radius 3 is 2.19 bits per heavy atom. The predicted molar refractivity (Wildman–Crippen MR) is 64.8 cm³/mol. The number of aliphatic hydroxyl groups is 2. The van der Waals surface area contributed by atoms with Crippen molar-refractivity contribution in [1.82, 2.24) is 0 Å². The van der Waals surface area contributed by atoms with Gasteiger partial charge in [-0.3, -0.25) is 0 Å². The zero-order valence-corrected chi connectivity index (χ0v) is 11.1. The summed E-state index contributed by atoms with van der Waals surface area (Å²) in [6, 6.07) is 6.63. The third kappa shape index (κ3) is 3.28. The molecular weight excluding hydrogens is 296 g/mol. The van der Waals surface area contributed by atoms with Gasteiger partial charge in [0.1, 0.15) is 5.25 Å². The van der Waals surface area contributed by atoms with E-state index in [1.165, 1.54) is 0 Å². The van der Waals surface area contributed by atoms with Crippen LogP contribution >= 0.6 is 15.9 Å². The molecule has 0 bridgehead atoms. The molecule has 2 N–H and O–H groups in total. The predicted octanol–water partition coefficient (Wildman–Crippen LogP) is 0.888. The van der Waals surface area contributed by atoms with E-state index in [0.29, 0.717) is 5.56 Å². The van der Waals surface area contributed by atoms with Crippen LogP contribution < -0.4 is 0 Å². The number of hydrogen-bond donors (Lipinski definition) is 2. The van der Waals surface area contributed by atoms with Crippen molar-refractivity contribution in [1.29, 1.82) is 0 Å². The summed E-state index contributed by atoms with van der Waals surface area (Å²) in [7, 11) is -3.48. The third-order valence-corrected chi connectivity index (χ3v) is 4.33. The number of aliphatic hydroxyl groups excluding tert-OH is 2. The third-order valence-electron chi connectivity index (χ3n) is 2.29. The average molecular weight is 309 g/mol. The molecule has 0 aliphatic carbocycles. The molecule has 0 aromatic heterocycles. The van der Waals surface area contributed by atoms with E-state index in [4.69, 9.17) is 5.11 Å². The van der Waals surface area contributed by atoms with Gasteiger partial charge in [-0.05, 0) is 17.7 Å². The minimum Gasteiger partial charge on any atom is -0.395 e. The van der Waals surface area contributed by atoms with Gasteiger partial charge < -0.3 is 10.2 Å². The van der Waals surface area contributed by atoms with Crippen LogP contribution in [0.25, 0.3) is 0 Å². The topological polar surface area (TPSA) is 74.6 Å². The van der Waals surface area contributed by atoms with Crippen molar-refractivity contribution in [3.05, 3.63) is 34.3 Å². The van der Waals surface area contributed by atoms with Crippen LogP contribution in [0.1, 0.15) is 11.7 Å². The Kier molecular flexibility index (Phi) is 4.49. The van der Waals surface area contributed by atoms with Gasteiger partial charge in [0.25, 0.3) is 0 Å². The largest absolute Gasteiger partial charge is 0.395 e. The first kappa shape index (κ1) is 13.6. The maximum Gasteiger partial charge on any atom is 0.155 e. The second-order valence-electron chi connectivity index (χ2n) is 3.55. The molecule has 0 spiro atoms. The maximum absolute atomic E-state index is 11.3. The minimum absolute atomic E-state index is 0.465. The summed E-state index contributed by atoms with van der Waals surface area (Å²) in [6.07, 6.45) is -0.219. The number of hydrogen-bond acceptors (Lipinski definition) is 4. The standard InChI is InChI=1S/C10H13BrO4S/c1-16(14,15)9(6-12)10(13)7-2-4-8(11)5-3-7/h2-5,9-10,12-13H,6H2,1H3.